The normalized spacial score (nSPS) is 17.0. The number of aliphatic hydroxyl groups is 1. The second kappa shape index (κ2) is 4.07. The largest absolute Gasteiger partial charge is 0.433 e. The van der Waals surface area contributed by atoms with E-state index in [1.807, 2.05) is 0 Å². The zero-order valence-electron chi connectivity index (χ0n) is 9.37. The van der Waals surface area contributed by atoms with E-state index in [2.05, 4.69) is 31.1 Å². The molecule has 1 saturated heterocycles. The topological polar surface area (TPSA) is 65.0 Å². The van der Waals surface area contributed by atoms with Crippen LogP contribution in [0.3, 0.4) is 0 Å². The minimum atomic E-state index is -4.52. The minimum absolute atomic E-state index is 0.131. The Hall–Kier alpha value is -1.35. The van der Waals surface area contributed by atoms with E-state index in [0.717, 1.165) is 6.07 Å². The maximum Gasteiger partial charge on any atom is 0.433 e. The van der Waals surface area contributed by atoms with Crippen LogP contribution in [0.25, 0.3) is 11.0 Å². The van der Waals surface area contributed by atoms with Crippen molar-refractivity contribution in [3.8, 4) is 0 Å². The molecule has 9 heteroatoms. The number of rotatable bonds is 1. The molecule has 1 aliphatic heterocycles. The van der Waals surface area contributed by atoms with Gasteiger partial charge in [-0.3, -0.25) is 5.10 Å². The van der Waals surface area contributed by atoms with Gasteiger partial charge in [0.15, 0.2) is 0 Å². The van der Waals surface area contributed by atoms with Crippen molar-refractivity contribution >= 4 is 32.7 Å². The molecule has 0 spiro atoms. The molecule has 3 heterocycles. The average molecular weight is 337 g/mol. The summed E-state index contributed by atoms with van der Waals surface area (Å²) in [5.41, 5.74) is -0.166. The van der Waals surface area contributed by atoms with Crippen LogP contribution in [0.5, 0.6) is 0 Å². The van der Waals surface area contributed by atoms with Crippen molar-refractivity contribution in [2.24, 2.45) is 0 Å². The van der Waals surface area contributed by atoms with Gasteiger partial charge < -0.3 is 10.0 Å². The van der Waals surface area contributed by atoms with Gasteiger partial charge in [-0.1, -0.05) is 0 Å². The van der Waals surface area contributed by atoms with Gasteiger partial charge in [0.05, 0.1) is 11.8 Å². The Balaban J connectivity index is 2.18. The Bertz CT molecular complexity index is 635. The molecule has 2 aromatic rings. The number of nitrogens with zero attached hydrogens (tertiary/aromatic N) is 3. The van der Waals surface area contributed by atoms with Gasteiger partial charge in [-0.15, -0.1) is 0 Å². The lowest BCUT2D eigenvalue weighted by Gasteiger charge is -2.38. The molecule has 0 bridgehead atoms. The summed E-state index contributed by atoms with van der Waals surface area (Å²) < 4.78 is 38.8. The molecular formula is C10H8BrF3N4O. The highest BCUT2D eigenvalue weighted by molar-refractivity contribution is 9.10. The Morgan fingerprint density at radius 2 is 2.05 bits per heavy atom. The number of anilines is 1. The third-order valence-electron chi connectivity index (χ3n) is 2.94. The fourth-order valence-electron chi connectivity index (χ4n) is 1.98. The first-order valence-corrected chi connectivity index (χ1v) is 6.20. The van der Waals surface area contributed by atoms with Crippen molar-refractivity contribution in [3.05, 3.63) is 16.4 Å². The number of hydrogen-bond donors (Lipinski definition) is 2. The minimum Gasteiger partial charge on any atom is -0.389 e. The molecule has 2 aromatic heterocycles. The third-order valence-corrected chi connectivity index (χ3v) is 3.49. The highest BCUT2D eigenvalue weighted by Crippen LogP contribution is 2.36. The maximum absolute atomic E-state index is 12.8. The average Bonchev–Trinajstić information content (AvgIpc) is 2.65. The van der Waals surface area contributed by atoms with Crippen LogP contribution >= 0.6 is 15.9 Å². The number of aromatic amines is 1. The molecule has 0 amide bonds. The lowest BCUT2D eigenvalue weighted by Crippen LogP contribution is -2.51. The number of alkyl halides is 3. The van der Waals surface area contributed by atoms with Gasteiger partial charge >= 0.3 is 6.18 Å². The zero-order valence-corrected chi connectivity index (χ0v) is 11.0. The molecule has 1 fully saturated rings. The summed E-state index contributed by atoms with van der Waals surface area (Å²) in [5.74, 6) is 0. The number of halogens is 4. The molecule has 102 valence electrons. The van der Waals surface area contributed by atoms with Crippen LogP contribution in [0.15, 0.2) is 10.7 Å². The highest BCUT2D eigenvalue weighted by Gasteiger charge is 2.36. The number of H-pyrrole nitrogens is 1. The van der Waals surface area contributed by atoms with Crippen LogP contribution in [0.2, 0.25) is 0 Å². The van der Waals surface area contributed by atoms with Gasteiger partial charge in [0.2, 0.25) is 0 Å². The summed E-state index contributed by atoms with van der Waals surface area (Å²) in [6.07, 6.45) is -5.04. The molecule has 0 radical (unpaired) electrons. The standard InChI is InChI=1S/C10H8BrF3N4O/c11-9-8-7(16-17-9)5(18-2-4(19)3-18)1-6(15-8)10(12,13)14/h1,4,19H,2-3H2,(H,16,17). The molecule has 1 aliphatic rings. The first kappa shape index (κ1) is 12.7. The molecule has 3 rings (SSSR count). The van der Waals surface area contributed by atoms with E-state index >= 15 is 0 Å². The van der Waals surface area contributed by atoms with Gasteiger partial charge in [0.25, 0.3) is 0 Å². The van der Waals surface area contributed by atoms with E-state index in [1.54, 1.807) is 4.90 Å². The van der Waals surface area contributed by atoms with Crippen molar-refractivity contribution in [1.82, 2.24) is 15.2 Å². The lowest BCUT2D eigenvalue weighted by atomic mass is 10.1. The lowest BCUT2D eigenvalue weighted by molar-refractivity contribution is -0.140. The quantitative estimate of drug-likeness (QED) is 0.835. The van der Waals surface area contributed by atoms with Crippen LogP contribution in [-0.4, -0.2) is 39.5 Å². The SMILES string of the molecule is OC1CN(c2cc(C(F)(F)F)nc3c(Br)[nH]nc23)C1. The van der Waals surface area contributed by atoms with Crippen molar-refractivity contribution in [3.63, 3.8) is 0 Å². The number of pyridine rings is 1. The summed E-state index contributed by atoms with van der Waals surface area (Å²) >= 11 is 3.09. The number of fused-ring (bicyclic) bond motifs is 1. The van der Waals surface area contributed by atoms with Crippen molar-refractivity contribution in [1.29, 1.82) is 0 Å². The Morgan fingerprint density at radius 1 is 1.37 bits per heavy atom. The number of aliphatic hydroxyl groups excluding tert-OH is 1. The summed E-state index contributed by atoms with van der Waals surface area (Å²) in [5, 5.41) is 15.8. The maximum atomic E-state index is 12.8. The van der Waals surface area contributed by atoms with E-state index in [1.165, 1.54) is 0 Å². The summed E-state index contributed by atoms with van der Waals surface area (Å²) in [6, 6.07) is 0.960. The molecule has 0 unspecified atom stereocenters. The fraction of sp³-hybridized carbons (Fsp3) is 0.400. The second-order valence-corrected chi connectivity index (χ2v) is 5.11. The Labute approximate surface area is 113 Å². The van der Waals surface area contributed by atoms with Gasteiger partial charge in [0.1, 0.15) is 21.3 Å². The third kappa shape index (κ3) is 2.06. The number of aromatic nitrogens is 3. The van der Waals surface area contributed by atoms with Crippen molar-refractivity contribution in [2.45, 2.75) is 12.3 Å². The predicted octanol–water partition coefficient (Wildman–Crippen LogP) is 1.92. The molecule has 19 heavy (non-hydrogen) atoms. The summed E-state index contributed by atoms with van der Waals surface area (Å²) in [7, 11) is 0. The number of hydrogen-bond acceptors (Lipinski definition) is 4. The second-order valence-electron chi connectivity index (χ2n) is 4.32. The van der Waals surface area contributed by atoms with Gasteiger partial charge in [-0.05, 0) is 22.0 Å². The van der Waals surface area contributed by atoms with Crippen LogP contribution in [0.4, 0.5) is 18.9 Å². The molecule has 0 saturated carbocycles. The van der Waals surface area contributed by atoms with Crippen LogP contribution in [0.1, 0.15) is 5.69 Å². The van der Waals surface area contributed by atoms with Crippen molar-refractivity contribution < 1.29 is 18.3 Å². The smallest absolute Gasteiger partial charge is 0.389 e. The van der Waals surface area contributed by atoms with E-state index < -0.39 is 18.0 Å². The molecule has 2 N–H and O–H groups in total. The zero-order chi connectivity index (χ0) is 13.8. The van der Waals surface area contributed by atoms with E-state index in [0.29, 0.717) is 28.9 Å². The Morgan fingerprint density at radius 3 is 2.63 bits per heavy atom. The summed E-state index contributed by atoms with van der Waals surface area (Å²) in [4.78, 5) is 5.21. The predicted molar refractivity (Wildman–Crippen MR) is 64.8 cm³/mol. The first-order valence-electron chi connectivity index (χ1n) is 5.41. The monoisotopic (exact) mass is 336 g/mol. The number of nitrogens with one attached hydrogen (secondary N) is 1. The number of β-amino-alcohol motifs (C(OH)–C–C–N with tert-alkyl or cyclic N) is 1. The van der Waals surface area contributed by atoms with E-state index in [-0.39, 0.29) is 5.52 Å². The van der Waals surface area contributed by atoms with Gasteiger partial charge in [-0.25, -0.2) is 4.98 Å². The molecule has 5 nitrogen and oxygen atoms in total. The molecule has 0 aliphatic carbocycles. The Kier molecular flexibility index (Phi) is 2.72. The fourth-order valence-corrected chi connectivity index (χ4v) is 2.35. The van der Waals surface area contributed by atoms with Crippen LogP contribution in [0, 0.1) is 0 Å². The van der Waals surface area contributed by atoms with Crippen LogP contribution in [-0.2, 0) is 6.18 Å². The van der Waals surface area contributed by atoms with E-state index in [4.69, 9.17) is 0 Å². The summed E-state index contributed by atoms with van der Waals surface area (Å²) in [6.45, 7) is 0.585. The molecular weight excluding hydrogens is 329 g/mol. The van der Waals surface area contributed by atoms with Gasteiger partial charge in [-0.2, -0.15) is 18.3 Å². The van der Waals surface area contributed by atoms with Crippen LogP contribution < -0.4 is 4.90 Å². The first-order chi connectivity index (χ1) is 8.86. The highest BCUT2D eigenvalue weighted by atomic mass is 79.9. The molecule has 0 atom stereocenters. The van der Waals surface area contributed by atoms with E-state index in [9.17, 15) is 18.3 Å². The van der Waals surface area contributed by atoms with Crippen molar-refractivity contribution in [2.75, 3.05) is 18.0 Å². The van der Waals surface area contributed by atoms with Gasteiger partial charge in [0, 0.05) is 13.1 Å². The molecule has 0 aromatic carbocycles.